The molecule has 4 nitrogen and oxygen atoms in total. The molecule has 0 heterocycles. The van der Waals surface area contributed by atoms with Gasteiger partial charge in [0.25, 0.3) is 0 Å². The second kappa shape index (κ2) is 5.16. The summed E-state index contributed by atoms with van der Waals surface area (Å²) in [6, 6.07) is -1.13. The molecule has 0 aliphatic carbocycles. The fourth-order valence-electron chi connectivity index (χ4n) is 0.0781. The zero-order valence-electron chi connectivity index (χ0n) is 4.37. The van der Waals surface area contributed by atoms with E-state index >= 15 is 0 Å². The number of hydrogen-bond donors (Lipinski definition) is 3. The molecule has 42 valence electrons. The maximum absolute atomic E-state index is 9.65. The Morgan fingerprint density at radius 2 is 2.12 bits per heavy atom. The molecule has 0 saturated heterocycles. The van der Waals surface area contributed by atoms with Crippen LogP contribution in [0.3, 0.4) is 0 Å². The van der Waals surface area contributed by atoms with Crippen LogP contribution in [0.5, 0.6) is 0 Å². The van der Waals surface area contributed by atoms with E-state index in [1.165, 1.54) is 0 Å². The van der Waals surface area contributed by atoms with E-state index < -0.39 is 18.6 Å². The third kappa shape index (κ3) is 4.18. The van der Waals surface area contributed by atoms with Crippen LogP contribution in [0.4, 0.5) is 0 Å². The monoisotopic (exact) mass is 169 g/mol. The maximum atomic E-state index is 9.65. The van der Waals surface area contributed by atoms with Gasteiger partial charge >= 0.3 is 25.4 Å². The number of carboxylic acid groups (broad SMARTS) is 1. The van der Waals surface area contributed by atoms with Crippen LogP contribution in [0.2, 0.25) is 0 Å². The van der Waals surface area contributed by atoms with E-state index in [1.807, 2.05) is 0 Å². The predicted molar refractivity (Wildman–Crippen MR) is 22.7 cm³/mol. The van der Waals surface area contributed by atoms with Gasteiger partial charge in [-0.15, -0.1) is 0 Å². The van der Waals surface area contributed by atoms with Crippen molar-refractivity contribution in [1.82, 2.24) is 0 Å². The molecule has 0 saturated carbocycles. The Morgan fingerprint density at radius 1 is 1.75 bits per heavy atom. The van der Waals surface area contributed by atoms with Crippen LogP contribution in [0, 0.1) is 0 Å². The summed E-state index contributed by atoms with van der Waals surface area (Å²) < 4.78 is 0. The summed E-state index contributed by atoms with van der Waals surface area (Å²) in [5.41, 5.74) is 4.77. The van der Waals surface area contributed by atoms with E-state index in [4.69, 9.17) is 15.9 Å². The van der Waals surface area contributed by atoms with Gasteiger partial charge in [-0.3, -0.25) is 4.79 Å². The van der Waals surface area contributed by atoms with Crippen LogP contribution in [-0.2, 0) is 24.3 Å². The fraction of sp³-hybridized carbons (Fsp3) is 0.667. The van der Waals surface area contributed by atoms with E-state index in [2.05, 4.69) is 0 Å². The molecule has 0 spiro atoms. The van der Waals surface area contributed by atoms with Gasteiger partial charge < -0.3 is 15.9 Å². The number of aliphatic carboxylic acids is 1. The molecule has 0 radical (unpaired) electrons. The number of hydrogen-bond acceptors (Lipinski definition) is 3. The second-order valence-corrected chi connectivity index (χ2v) is 1.13. The van der Waals surface area contributed by atoms with Crippen molar-refractivity contribution in [1.29, 1.82) is 0 Å². The minimum atomic E-state index is -1.18. The zero-order chi connectivity index (χ0) is 5.86. The van der Waals surface area contributed by atoms with Crippen LogP contribution >= 0.6 is 0 Å². The minimum absolute atomic E-state index is 0. The van der Waals surface area contributed by atoms with E-state index in [0.717, 1.165) is 0 Å². The Kier molecular flexibility index (Phi) is 7.03. The van der Waals surface area contributed by atoms with E-state index in [9.17, 15) is 4.79 Å². The van der Waals surface area contributed by atoms with Crippen LogP contribution < -0.4 is 5.73 Å². The fourth-order valence-corrected chi connectivity index (χ4v) is 0.0781. The molecule has 5 heteroatoms. The molecule has 0 aromatic carbocycles. The molecule has 0 aliphatic rings. The molecular weight excluding hydrogens is 163 g/mol. The first-order valence-corrected chi connectivity index (χ1v) is 1.77. The van der Waals surface area contributed by atoms with Crippen molar-refractivity contribution in [3.63, 3.8) is 0 Å². The third-order valence-corrected chi connectivity index (χ3v) is 0.514. The molecule has 0 fully saturated rings. The van der Waals surface area contributed by atoms with Gasteiger partial charge in [-0.2, -0.15) is 0 Å². The van der Waals surface area contributed by atoms with E-state index in [-0.39, 0.29) is 19.5 Å². The minimum Gasteiger partial charge on any atom is -0.480 e. The van der Waals surface area contributed by atoms with Crippen molar-refractivity contribution < 1.29 is 34.5 Å². The van der Waals surface area contributed by atoms with Crippen LogP contribution in [-0.4, -0.2) is 28.8 Å². The SMILES string of the molecule is NC(CO)C(=O)O.[Zn+2]. The second-order valence-electron chi connectivity index (χ2n) is 1.13. The Morgan fingerprint density at radius 3 is 2.12 bits per heavy atom. The normalized spacial score (nSPS) is 11.8. The molecular formula is C3H7NO3Zn+2. The third-order valence-electron chi connectivity index (χ3n) is 0.514. The average Bonchev–Trinajstić information content (AvgIpc) is 1.65. The first-order valence-electron chi connectivity index (χ1n) is 1.77. The van der Waals surface area contributed by atoms with Crippen LogP contribution in [0.15, 0.2) is 0 Å². The Balaban J connectivity index is 0. The molecule has 0 aliphatic heterocycles. The number of nitrogens with two attached hydrogens (primary N) is 1. The summed E-state index contributed by atoms with van der Waals surface area (Å²) in [7, 11) is 0. The molecule has 0 bridgehead atoms. The largest absolute Gasteiger partial charge is 2.00 e. The topological polar surface area (TPSA) is 83.5 Å². The molecule has 0 aromatic heterocycles. The summed E-state index contributed by atoms with van der Waals surface area (Å²) >= 11 is 0. The van der Waals surface area contributed by atoms with Gasteiger partial charge in [0.1, 0.15) is 6.04 Å². The Hall–Kier alpha value is 0.0134. The Labute approximate surface area is 59.4 Å². The molecule has 0 rings (SSSR count). The van der Waals surface area contributed by atoms with Gasteiger partial charge in [0, 0.05) is 0 Å². The summed E-state index contributed by atoms with van der Waals surface area (Å²) in [6.07, 6.45) is 0. The molecule has 4 N–H and O–H groups in total. The zero-order valence-corrected chi connectivity index (χ0v) is 7.34. The van der Waals surface area contributed by atoms with Crippen molar-refractivity contribution in [3.05, 3.63) is 0 Å². The molecule has 8 heavy (non-hydrogen) atoms. The van der Waals surface area contributed by atoms with Crippen molar-refractivity contribution in [2.24, 2.45) is 5.73 Å². The first kappa shape index (κ1) is 10.9. The molecule has 0 aromatic rings. The molecule has 1 unspecified atom stereocenters. The summed E-state index contributed by atoms with van der Waals surface area (Å²) in [4.78, 5) is 9.65. The summed E-state index contributed by atoms with van der Waals surface area (Å²) in [6.45, 7) is -0.505. The number of carbonyl (C=O) groups is 1. The van der Waals surface area contributed by atoms with Crippen LogP contribution in [0.25, 0.3) is 0 Å². The van der Waals surface area contributed by atoms with Gasteiger partial charge in [0.05, 0.1) is 6.61 Å². The summed E-state index contributed by atoms with van der Waals surface area (Å²) in [5, 5.41) is 15.9. The standard InChI is InChI=1S/C3H7NO3.Zn/c4-2(1-5)3(6)7;/h2,5H,1,4H2,(H,6,7);/q;+2. The number of rotatable bonds is 2. The number of aliphatic hydroxyl groups excluding tert-OH is 1. The van der Waals surface area contributed by atoms with E-state index in [0.29, 0.717) is 0 Å². The average molecular weight is 170 g/mol. The maximum Gasteiger partial charge on any atom is 2.00 e. The smallest absolute Gasteiger partial charge is 0.480 e. The van der Waals surface area contributed by atoms with Gasteiger partial charge in [-0.05, 0) is 0 Å². The van der Waals surface area contributed by atoms with Gasteiger partial charge in [0.2, 0.25) is 0 Å². The van der Waals surface area contributed by atoms with Crippen molar-refractivity contribution >= 4 is 5.97 Å². The van der Waals surface area contributed by atoms with Gasteiger partial charge in [-0.25, -0.2) is 0 Å². The van der Waals surface area contributed by atoms with Gasteiger partial charge in [-0.1, -0.05) is 0 Å². The Bertz CT molecular complexity index is 76.9. The molecule has 0 amide bonds. The number of carboxylic acids is 1. The van der Waals surface area contributed by atoms with Crippen LogP contribution in [0.1, 0.15) is 0 Å². The number of aliphatic hydroxyl groups is 1. The predicted octanol–water partition coefficient (Wildman–Crippen LogP) is -1.61. The summed E-state index contributed by atoms with van der Waals surface area (Å²) in [5.74, 6) is -1.18. The molecule has 1 atom stereocenters. The van der Waals surface area contributed by atoms with Crippen molar-refractivity contribution in [2.45, 2.75) is 6.04 Å². The van der Waals surface area contributed by atoms with Crippen molar-refractivity contribution in [3.8, 4) is 0 Å². The quantitative estimate of drug-likeness (QED) is 0.436. The first-order chi connectivity index (χ1) is 3.18. The van der Waals surface area contributed by atoms with E-state index in [1.54, 1.807) is 0 Å². The van der Waals surface area contributed by atoms with Crippen molar-refractivity contribution in [2.75, 3.05) is 6.61 Å². The van der Waals surface area contributed by atoms with Gasteiger partial charge in [0.15, 0.2) is 0 Å².